The van der Waals surface area contributed by atoms with E-state index in [1.54, 1.807) is 0 Å². The zero-order valence-corrected chi connectivity index (χ0v) is 15.2. The minimum Gasteiger partial charge on any atom is -0.381 e. The molecule has 140 valence electrons. The summed E-state index contributed by atoms with van der Waals surface area (Å²) in [5.41, 5.74) is 1.04. The first-order valence-electron chi connectivity index (χ1n) is 9.63. The third kappa shape index (κ3) is 3.56. The van der Waals surface area contributed by atoms with Gasteiger partial charge in [0.05, 0.1) is 0 Å². The van der Waals surface area contributed by atoms with Crippen LogP contribution in [0, 0.1) is 5.41 Å². The number of hydrogen-bond acceptors (Lipinski definition) is 3. The van der Waals surface area contributed by atoms with Crippen molar-refractivity contribution >= 4 is 11.9 Å². The number of hydrogen-bond donors (Lipinski definition) is 1. The molecule has 1 N–H and O–H groups in total. The highest BCUT2D eigenvalue weighted by Crippen LogP contribution is 2.39. The number of benzene rings is 1. The first kappa shape index (κ1) is 17.3. The molecule has 3 heterocycles. The molecule has 26 heavy (non-hydrogen) atoms. The average molecular weight is 357 g/mol. The highest BCUT2D eigenvalue weighted by atomic mass is 16.5. The zero-order valence-electron chi connectivity index (χ0n) is 15.2. The molecule has 1 aromatic carbocycles. The Kier molecular flexibility index (Phi) is 4.85. The summed E-state index contributed by atoms with van der Waals surface area (Å²) < 4.78 is 5.43. The largest absolute Gasteiger partial charge is 0.381 e. The lowest BCUT2D eigenvalue weighted by Crippen LogP contribution is -2.63. The van der Waals surface area contributed by atoms with Crippen molar-refractivity contribution in [3.63, 3.8) is 0 Å². The molecule has 3 aliphatic heterocycles. The number of likely N-dealkylation sites (tertiary alicyclic amines) is 2. The second-order valence-corrected chi connectivity index (χ2v) is 7.85. The van der Waals surface area contributed by atoms with Gasteiger partial charge in [-0.2, -0.15) is 0 Å². The second kappa shape index (κ2) is 7.27. The molecule has 3 aliphatic rings. The zero-order chi connectivity index (χ0) is 18.0. The second-order valence-electron chi connectivity index (χ2n) is 7.85. The van der Waals surface area contributed by atoms with Gasteiger partial charge in [-0.05, 0) is 37.8 Å². The molecule has 0 radical (unpaired) electrons. The molecule has 3 saturated heterocycles. The maximum absolute atomic E-state index is 12.5. The standard InChI is InChI=1S/C20H27N3O3/c24-18(16-4-2-1-3-5-16)22-10-6-17(7-11-22)21-19(25)23-14-20(15-23)8-12-26-13-9-20/h1-5,17H,6-15H2,(H,21,25). The van der Waals surface area contributed by atoms with Gasteiger partial charge in [-0.15, -0.1) is 0 Å². The van der Waals surface area contributed by atoms with Crippen molar-refractivity contribution in [2.75, 3.05) is 39.4 Å². The van der Waals surface area contributed by atoms with Gasteiger partial charge in [0.2, 0.25) is 0 Å². The first-order valence-corrected chi connectivity index (χ1v) is 9.63. The summed E-state index contributed by atoms with van der Waals surface area (Å²) >= 11 is 0. The predicted octanol–water partition coefficient (Wildman–Crippen LogP) is 2.11. The Labute approximate surface area is 154 Å². The Morgan fingerprint density at radius 1 is 1.00 bits per heavy atom. The fraction of sp³-hybridized carbons (Fsp3) is 0.600. The van der Waals surface area contributed by atoms with E-state index in [9.17, 15) is 9.59 Å². The Hall–Kier alpha value is -2.08. The number of carbonyl (C=O) groups excluding carboxylic acids is 2. The monoisotopic (exact) mass is 357 g/mol. The van der Waals surface area contributed by atoms with Crippen LogP contribution in [-0.4, -0.2) is 67.2 Å². The molecular formula is C20H27N3O3. The molecule has 0 saturated carbocycles. The van der Waals surface area contributed by atoms with E-state index in [1.807, 2.05) is 40.1 Å². The SMILES string of the molecule is O=C(NC1CCN(C(=O)c2ccccc2)CC1)N1CC2(CCOCC2)C1. The third-order valence-electron chi connectivity index (χ3n) is 6.02. The summed E-state index contributed by atoms with van der Waals surface area (Å²) in [6.07, 6.45) is 3.77. The van der Waals surface area contributed by atoms with Gasteiger partial charge >= 0.3 is 6.03 Å². The van der Waals surface area contributed by atoms with Crippen molar-refractivity contribution in [3.8, 4) is 0 Å². The smallest absolute Gasteiger partial charge is 0.317 e. The molecule has 0 bridgehead atoms. The summed E-state index contributed by atoms with van der Waals surface area (Å²) in [5, 5.41) is 3.16. The van der Waals surface area contributed by atoms with Crippen molar-refractivity contribution in [1.29, 1.82) is 0 Å². The van der Waals surface area contributed by atoms with Crippen molar-refractivity contribution in [1.82, 2.24) is 15.1 Å². The molecule has 1 aromatic rings. The lowest BCUT2D eigenvalue weighted by Gasteiger charge is -2.52. The highest BCUT2D eigenvalue weighted by Gasteiger charge is 2.46. The van der Waals surface area contributed by atoms with Gasteiger partial charge in [-0.25, -0.2) is 4.79 Å². The van der Waals surface area contributed by atoms with E-state index in [0.717, 1.165) is 57.6 Å². The van der Waals surface area contributed by atoms with Crippen LogP contribution >= 0.6 is 0 Å². The quantitative estimate of drug-likeness (QED) is 0.882. The topological polar surface area (TPSA) is 61.9 Å². The number of carbonyl (C=O) groups is 2. The van der Waals surface area contributed by atoms with Gasteiger partial charge < -0.3 is 19.9 Å². The molecule has 0 aromatic heterocycles. The fourth-order valence-corrected chi connectivity index (χ4v) is 4.28. The first-order chi connectivity index (χ1) is 12.7. The van der Waals surface area contributed by atoms with E-state index in [2.05, 4.69) is 5.32 Å². The number of nitrogens with zero attached hydrogens (tertiary/aromatic N) is 2. The van der Waals surface area contributed by atoms with Crippen molar-refractivity contribution < 1.29 is 14.3 Å². The van der Waals surface area contributed by atoms with E-state index in [1.165, 1.54) is 0 Å². The summed E-state index contributed by atoms with van der Waals surface area (Å²) in [7, 11) is 0. The Balaban J connectivity index is 1.22. The van der Waals surface area contributed by atoms with E-state index in [-0.39, 0.29) is 18.0 Å². The van der Waals surface area contributed by atoms with Crippen LogP contribution in [-0.2, 0) is 4.74 Å². The minimum atomic E-state index is 0.0509. The van der Waals surface area contributed by atoms with Crippen LogP contribution in [0.2, 0.25) is 0 Å². The summed E-state index contributed by atoms with van der Waals surface area (Å²) in [4.78, 5) is 28.8. The van der Waals surface area contributed by atoms with E-state index in [4.69, 9.17) is 4.74 Å². The predicted molar refractivity (Wildman–Crippen MR) is 98.0 cm³/mol. The van der Waals surface area contributed by atoms with Gasteiger partial charge in [0.15, 0.2) is 0 Å². The summed E-state index contributed by atoms with van der Waals surface area (Å²) in [6.45, 7) is 4.74. The van der Waals surface area contributed by atoms with Gasteiger partial charge in [0.25, 0.3) is 5.91 Å². The van der Waals surface area contributed by atoms with Crippen LogP contribution in [0.4, 0.5) is 4.79 Å². The molecule has 6 nitrogen and oxygen atoms in total. The fourth-order valence-electron chi connectivity index (χ4n) is 4.28. The molecule has 6 heteroatoms. The van der Waals surface area contributed by atoms with Crippen LogP contribution in [0.25, 0.3) is 0 Å². The summed E-state index contributed by atoms with van der Waals surface area (Å²) in [6, 6.07) is 9.61. The normalized spacial score (nSPS) is 22.8. The van der Waals surface area contributed by atoms with Crippen LogP contribution < -0.4 is 5.32 Å². The Morgan fingerprint density at radius 2 is 1.65 bits per heavy atom. The molecule has 3 amide bonds. The number of urea groups is 1. The maximum Gasteiger partial charge on any atom is 0.317 e. The van der Waals surface area contributed by atoms with Crippen LogP contribution in [0.15, 0.2) is 30.3 Å². The van der Waals surface area contributed by atoms with Crippen LogP contribution in [0.1, 0.15) is 36.0 Å². The van der Waals surface area contributed by atoms with Gasteiger partial charge in [-0.1, -0.05) is 18.2 Å². The number of piperidine rings is 1. The van der Waals surface area contributed by atoms with Gasteiger partial charge in [0.1, 0.15) is 0 Å². The van der Waals surface area contributed by atoms with E-state index >= 15 is 0 Å². The van der Waals surface area contributed by atoms with Gasteiger partial charge in [-0.3, -0.25) is 4.79 Å². The van der Waals surface area contributed by atoms with E-state index in [0.29, 0.717) is 18.5 Å². The Morgan fingerprint density at radius 3 is 2.31 bits per heavy atom. The number of amides is 3. The third-order valence-corrected chi connectivity index (χ3v) is 6.02. The number of nitrogens with one attached hydrogen (secondary N) is 1. The molecule has 0 aliphatic carbocycles. The lowest BCUT2D eigenvalue weighted by atomic mass is 9.73. The number of rotatable bonds is 2. The molecular weight excluding hydrogens is 330 g/mol. The molecule has 0 unspecified atom stereocenters. The van der Waals surface area contributed by atoms with E-state index < -0.39 is 0 Å². The minimum absolute atomic E-state index is 0.0509. The summed E-state index contributed by atoms with van der Waals surface area (Å²) in [5.74, 6) is 0.0829. The van der Waals surface area contributed by atoms with Gasteiger partial charge in [0, 0.05) is 56.4 Å². The molecule has 1 spiro atoms. The van der Waals surface area contributed by atoms with Crippen LogP contribution in [0.3, 0.4) is 0 Å². The maximum atomic E-state index is 12.5. The molecule has 3 fully saturated rings. The molecule has 4 rings (SSSR count). The molecule has 0 atom stereocenters. The highest BCUT2D eigenvalue weighted by molar-refractivity contribution is 5.94. The van der Waals surface area contributed by atoms with Crippen LogP contribution in [0.5, 0.6) is 0 Å². The van der Waals surface area contributed by atoms with Crippen molar-refractivity contribution in [2.24, 2.45) is 5.41 Å². The van der Waals surface area contributed by atoms with Crippen molar-refractivity contribution in [2.45, 2.75) is 31.7 Å². The average Bonchev–Trinajstić information content (AvgIpc) is 2.67. The Bertz CT molecular complexity index is 642. The van der Waals surface area contributed by atoms with Crippen molar-refractivity contribution in [3.05, 3.63) is 35.9 Å². The number of ether oxygens (including phenoxy) is 1. The lowest BCUT2D eigenvalue weighted by molar-refractivity contribution is -0.0621.